The van der Waals surface area contributed by atoms with Crippen molar-refractivity contribution in [2.24, 2.45) is 0 Å². The molecule has 1 unspecified atom stereocenters. The summed E-state index contributed by atoms with van der Waals surface area (Å²) < 4.78 is 62.5. The molecule has 2 saturated carbocycles. The second kappa shape index (κ2) is 5.21. The predicted molar refractivity (Wildman–Crippen MR) is 65.2 cm³/mol. The molecule has 1 N–H and O–H groups in total. The number of nitrogens with zero attached hydrogens (tertiary/aromatic N) is 1. The zero-order chi connectivity index (χ0) is 14.3. The van der Waals surface area contributed by atoms with Crippen LogP contribution in [0, 0.1) is 0 Å². The van der Waals surface area contributed by atoms with Crippen LogP contribution in [0.1, 0.15) is 32.6 Å². The van der Waals surface area contributed by atoms with E-state index in [0.717, 1.165) is 12.8 Å². The third-order valence-corrected chi connectivity index (χ3v) is 5.66. The highest BCUT2D eigenvalue weighted by molar-refractivity contribution is 7.89. The lowest BCUT2D eigenvalue weighted by atomic mass is 10.4. The molecule has 0 aromatic rings. The Morgan fingerprint density at radius 3 is 2.26 bits per heavy atom. The first-order valence-corrected chi connectivity index (χ1v) is 8.01. The number of nitrogens with one attached hydrogen (secondary N) is 1. The molecule has 0 radical (unpaired) electrons. The molecule has 0 amide bonds. The van der Waals surface area contributed by atoms with Gasteiger partial charge in [0.05, 0.1) is 5.25 Å². The van der Waals surface area contributed by atoms with Crippen molar-refractivity contribution in [3.8, 4) is 0 Å². The maximum atomic E-state index is 12.5. The van der Waals surface area contributed by atoms with Crippen LogP contribution in [-0.4, -0.2) is 49.3 Å². The fourth-order valence-electron chi connectivity index (χ4n) is 1.92. The summed E-state index contributed by atoms with van der Waals surface area (Å²) >= 11 is 0. The van der Waals surface area contributed by atoms with Crippen molar-refractivity contribution in [2.45, 2.75) is 56.1 Å². The van der Waals surface area contributed by atoms with E-state index in [1.54, 1.807) is 0 Å². The Kier molecular flexibility index (Phi) is 4.13. The van der Waals surface area contributed by atoms with Gasteiger partial charge < -0.3 is 5.32 Å². The molecule has 2 rings (SSSR count). The van der Waals surface area contributed by atoms with Crippen LogP contribution < -0.4 is 5.32 Å². The van der Waals surface area contributed by atoms with Gasteiger partial charge in [0, 0.05) is 18.6 Å². The normalized spacial score (nSPS) is 22.8. The maximum Gasteiger partial charge on any atom is 0.402 e. The van der Waals surface area contributed by atoms with Gasteiger partial charge in [0.25, 0.3) is 0 Å². The number of rotatable bonds is 7. The highest BCUT2D eigenvalue weighted by Crippen LogP contribution is 2.33. The van der Waals surface area contributed by atoms with Gasteiger partial charge in [0.2, 0.25) is 10.0 Å². The van der Waals surface area contributed by atoms with Crippen LogP contribution in [0.3, 0.4) is 0 Å². The molecular formula is C11H19F3N2O2S. The van der Waals surface area contributed by atoms with E-state index in [1.165, 1.54) is 6.92 Å². The topological polar surface area (TPSA) is 49.4 Å². The minimum Gasteiger partial charge on any atom is -0.313 e. The van der Waals surface area contributed by atoms with Crippen LogP contribution in [-0.2, 0) is 10.0 Å². The molecular weight excluding hydrogens is 281 g/mol. The molecule has 0 aromatic carbocycles. The Morgan fingerprint density at radius 1 is 1.26 bits per heavy atom. The molecule has 2 aliphatic rings. The molecule has 8 heteroatoms. The van der Waals surface area contributed by atoms with Gasteiger partial charge in [-0.15, -0.1) is 0 Å². The van der Waals surface area contributed by atoms with E-state index >= 15 is 0 Å². The zero-order valence-electron chi connectivity index (χ0n) is 10.8. The summed E-state index contributed by atoms with van der Waals surface area (Å²) in [6.07, 6.45) is -1.40. The molecule has 0 spiro atoms. The van der Waals surface area contributed by atoms with E-state index in [2.05, 4.69) is 5.32 Å². The summed E-state index contributed by atoms with van der Waals surface area (Å²) in [5, 5.41) is 2.23. The van der Waals surface area contributed by atoms with Crippen molar-refractivity contribution in [3.05, 3.63) is 0 Å². The first-order chi connectivity index (χ1) is 8.70. The highest BCUT2D eigenvalue weighted by atomic mass is 32.2. The second-order valence-electron chi connectivity index (χ2n) is 5.43. The second-order valence-corrected chi connectivity index (χ2v) is 7.73. The molecule has 2 aliphatic carbocycles. The number of alkyl halides is 3. The lowest BCUT2D eigenvalue weighted by Gasteiger charge is -2.26. The van der Waals surface area contributed by atoms with Crippen LogP contribution in [0.2, 0.25) is 0 Å². The van der Waals surface area contributed by atoms with E-state index in [4.69, 9.17) is 0 Å². The van der Waals surface area contributed by atoms with Gasteiger partial charge in [-0.2, -0.15) is 17.5 Å². The van der Waals surface area contributed by atoms with Gasteiger partial charge in [-0.25, -0.2) is 8.42 Å². The number of hydrogen-bond acceptors (Lipinski definition) is 3. The van der Waals surface area contributed by atoms with Gasteiger partial charge in [0.1, 0.15) is 6.54 Å². The zero-order valence-corrected chi connectivity index (χ0v) is 11.6. The molecule has 4 nitrogen and oxygen atoms in total. The minimum atomic E-state index is -4.49. The Labute approximate surface area is 111 Å². The molecule has 0 heterocycles. The molecule has 112 valence electrons. The number of halogens is 3. The van der Waals surface area contributed by atoms with E-state index in [1.807, 2.05) is 0 Å². The first kappa shape index (κ1) is 15.1. The van der Waals surface area contributed by atoms with Crippen molar-refractivity contribution in [1.82, 2.24) is 9.62 Å². The largest absolute Gasteiger partial charge is 0.402 e. The van der Waals surface area contributed by atoms with Crippen molar-refractivity contribution in [3.63, 3.8) is 0 Å². The quantitative estimate of drug-likeness (QED) is 0.775. The standard InChI is InChI=1S/C11H19F3N2O2S/c1-8(6-15-9-2-3-9)19(17,18)16(10-4-5-10)7-11(12,13)14/h8-10,15H,2-7H2,1H3. The maximum absolute atomic E-state index is 12.5. The van der Waals surface area contributed by atoms with Crippen LogP contribution >= 0.6 is 0 Å². The molecule has 1 atom stereocenters. The fraction of sp³-hybridized carbons (Fsp3) is 1.00. The van der Waals surface area contributed by atoms with E-state index < -0.39 is 34.0 Å². The van der Waals surface area contributed by atoms with Crippen molar-refractivity contribution in [1.29, 1.82) is 0 Å². The van der Waals surface area contributed by atoms with Gasteiger partial charge in [-0.3, -0.25) is 0 Å². The Hall–Kier alpha value is -0.340. The summed E-state index contributed by atoms with van der Waals surface area (Å²) in [7, 11) is -3.89. The van der Waals surface area contributed by atoms with Gasteiger partial charge in [-0.05, 0) is 32.6 Å². The first-order valence-electron chi connectivity index (χ1n) is 6.51. The summed E-state index contributed by atoms with van der Waals surface area (Å²) in [4.78, 5) is 0. The van der Waals surface area contributed by atoms with Crippen LogP contribution in [0.4, 0.5) is 13.2 Å². The Morgan fingerprint density at radius 2 is 1.84 bits per heavy atom. The number of hydrogen-bond donors (Lipinski definition) is 1. The van der Waals surface area contributed by atoms with E-state index in [-0.39, 0.29) is 6.54 Å². The Balaban J connectivity index is 2.00. The third kappa shape index (κ3) is 4.32. The van der Waals surface area contributed by atoms with E-state index in [0.29, 0.717) is 23.2 Å². The predicted octanol–water partition coefficient (Wildman–Crippen LogP) is 1.48. The molecule has 0 bridgehead atoms. The van der Waals surface area contributed by atoms with Crippen LogP contribution in [0.25, 0.3) is 0 Å². The summed E-state index contributed by atoms with van der Waals surface area (Å²) in [5.41, 5.74) is 0. The smallest absolute Gasteiger partial charge is 0.313 e. The average molecular weight is 300 g/mol. The van der Waals surface area contributed by atoms with Gasteiger partial charge in [0.15, 0.2) is 0 Å². The van der Waals surface area contributed by atoms with Crippen LogP contribution in [0.5, 0.6) is 0 Å². The monoisotopic (exact) mass is 300 g/mol. The molecule has 2 fully saturated rings. The lowest BCUT2D eigenvalue weighted by molar-refractivity contribution is -0.137. The van der Waals surface area contributed by atoms with Gasteiger partial charge >= 0.3 is 6.18 Å². The number of sulfonamides is 1. The fourth-order valence-corrected chi connectivity index (χ4v) is 3.64. The molecule has 0 aliphatic heterocycles. The molecule has 19 heavy (non-hydrogen) atoms. The third-order valence-electron chi connectivity index (χ3n) is 3.40. The molecule has 0 saturated heterocycles. The van der Waals surface area contributed by atoms with Gasteiger partial charge in [-0.1, -0.05) is 0 Å². The van der Waals surface area contributed by atoms with Crippen LogP contribution in [0.15, 0.2) is 0 Å². The Bertz CT molecular complexity index is 416. The SMILES string of the molecule is CC(CNC1CC1)S(=O)(=O)N(CC(F)(F)F)C1CC1. The summed E-state index contributed by atoms with van der Waals surface area (Å²) in [5.74, 6) is 0. The summed E-state index contributed by atoms with van der Waals surface area (Å²) in [6, 6.07) is -0.121. The van der Waals surface area contributed by atoms with Crippen molar-refractivity contribution >= 4 is 10.0 Å². The van der Waals surface area contributed by atoms with Crippen molar-refractivity contribution < 1.29 is 21.6 Å². The van der Waals surface area contributed by atoms with Crippen molar-refractivity contribution in [2.75, 3.05) is 13.1 Å². The lowest BCUT2D eigenvalue weighted by Crippen LogP contribution is -2.47. The molecule has 0 aromatic heterocycles. The minimum absolute atomic E-state index is 0.216. The highest BCUT2D eigenvalue weighted by Gasteiger charge is 2.45. The van der Waals surface area contributed by atoms with E-state index in [9.17, 15) is 21.6 Å². The summed E-state index contributed by atoms with van der Waals surface area (Å²) in [6.45, 7) is 0.318. The average Bonchev–Trinajstić information content (AvgIpc) is 3.13.